The summed E-state index contributed by atoms with van der Waals surface area (Å²) in [6, 6.07) is 6.27. The van der Waals surface area contributed by atoms with Gasteiger partial charge in [0.1, 0.15) is 0 Å². The summed E-state index contributed by atoms with van der Waals surface area (Å²) in [6.07, 6.45) is 5.33. The first kappa shape index (κ1) is 13.3. The predicted octanol–water partition coefficient (Wildman–Crippen LogP) is 3.98. The molecule has 0 unspecified atom stereocenters. The molecule has 0 aliphatic carbocycles. The third kappa shape index (κ3) is 2.47. The minimum atomic E-state index is 0.581. The van der Waals surface area contributed by atoms with Crippen LogP contribution in [0.4, 0.5) is 11.4 Å². The highest BCUT2D eigenvalue weighted by Crippen LogP contribution is 2.42. The topological polar surface area (TPSA) is 29.3 Å². The summed E-state index contributed by atoms with van der Waals surface area (Å²) in [5.74, 6) is 0. The lowest BCUT2D eigenvalue weighted by atomic mass is 9.72. The number of hydrogen-bond donors (Lipinski definition) is 1. The van der Waals surface area contributed by atoms with Crippen LogP contribution in [-0.4, -0.2) is 13.1 Å². The maximum absolute atomic E-state index is 5.82. The quantitative estimate of drug-likeness (QED) is 0.796. The van der Waals surface area contributed by atoms with Crippen molar-refractivity contribution in [3.8, 4) is 0 Å². The van der Waals surface area contributed by atoms with E-state index in [2.05, 4.69) is 37.8 Å². The van der Waals surface area contributed by atoms with Crippen molar-refractivity contribution >= 4 is 11.4 Å². The van der Waals surface area contributed by atoms with Gasteiger partial charge in [-0.3, -0.25) is 0 Å². The number of nitrogen functional groups attached to an aromatic ring is 1. The normalized spacial score (nSPS) is 17.6. The van der Waals surface area contributed by atoms with Gasteiger partial charge >= 0.3 is 0 Å². The molecule has 1 heterocycles. The van der Waals surface area contributed by atoms with Gasteiger partial charge in [-0.05, 0) is 43.5 Å². The van der Waals surface area contributed by atoms with Crippen molar-refractivity contribution in [2.24, 2.45) is 5.41 Å². The molecule has 2 N–H and O–H groups in total. The summed E-state index contributed by atoms with van der Waals surface area (Å²) < 4.78 is 0. The number of hydrogen-bond acceptors (Lipinski definition) is 2. The van der Waals surface area contributed by atoms with Gasteiger partial charge in [0.2, 0.25) is 0 Å². The third-order valence-electron chi connectivity index (χ3n) is 4.17. The van der Waals surface area contributed by atoms with Gasteiger partial charge in [0, 0.05) is 29.9 Å². The third-order valence-corrected chi connectivity index (χ3v) is 4.17. The smallest absolute Gasteiger partial charge is 0.0397 e. The maximum Gasteiger partial charge on any atom is 0.0397 e. The Bertz CT molecular complexity index is 398. The fraction of sp³-hybridized carbons (Fsp3) is 0.625. The second-order valence-electron chi connectivity index (χ2n) is 5.90. The molecule has 0 bridgehead atoms. The molecular weight excluding hydrogens is 220 g/mol. The van der Waals surface area contributed by atoms with Crippen molar-refractivity contribution in [3.63, 3.8) is 0 Å². The van der Waals surface area contributed by atoms with Gasteiger partial charge in [-0.2, -0.15) is 0 Å². The van der Waals surface area contributed by atoms with Crippen LogP contribution in [0, 0.1) is 12.3 Å². The van der Waals surface area contributed by atoms with Gasteiger partial charge in [-0.1, -0.05) is 26.7 Å². The fourth-order valence-corrected chi connectivity index (χ4v) is 3.47. The van der Waals surface area contributed by atoms with Crippen LogP contribution in [-0.2, 0) is 0 Å². The minimum Gasteiger partial charge on any atom is -0.399 e. The molecule has 18 heavy (non-hydrogen) atoms. The molecule has 1 fully saturated rings. The lowest BCUT2D eigenvalue weighted by molar-refractivity contribution is 0.173. The molecule has 2 heteroatoms. The number of benzene rings is 1. The summed E-state index contributed by atoms with van der Waals surface area (Å²) in [7, 11) is 0. The van der Waals surface area contributed by atoms with Gasteiger partial charge in [0.25, 0.3) is 0 Å². The monoisotopic (exact) mass is 246 g/mol. The molecular formula is C16H26N2. The van der Waals surface area contributed by atoms with E-state index in [1.165, 1.54) is 50.0 Å². The van der Waals surface area contributed by atoms with E-state index in [1.54, 1.807) is 0 Å². The van der Waals surface area contributed by atoms with Crippen LogP contribution in [0.25, 0.3) is 0 Å². The zero-order chi connectivity index (χ0) is 13.2. The molecule has 0 saturated carbocycles. The molecule has 100 valence electrons. The predicted molar refractivity (Wildman–Crippen MR) is 80.1 cm³/mol. The first-order valence-corrected chi connectivity index (χ1v) is 7.21. The van der Waals surface area contributed by atoms with Crippen LogP contribution in [0.1, 0.15) is 45.1 Å². The molecule has 1 aromatic rings. The van der Waals surface area contributed by atoms with E-state index in [0.717, 1.165) is 5.69 Å². The Kier molecular flexibility index (Phi) is 3.84. The van der Waals surface area contributed by atoms with Gasteiger partial charge in [-0.25, -0.2) is 0 Å². The van der Waals surface area contributed by atoms with E-state index in [4.69, 9.17) is 5.73 Å². The molecule has 0 amide bonds. The SMILES string of the molecule is CCCC1(CCC)CN(c2ccc(N)cc2C)C1. The van der Waals surface area contributed by atoms with Crippen LogP contribution in [0.5, 0.6) is 0 Å². The van der Waals surface area contributed by atoms with Crippen LogP contribution < -0.4 is 10.6 Å². The van der Waals surface area contributed by atoms with Crippen LogP contribution >= 0.6 is 0 Å². The fourth-order valence-electron chi connectivity index (χ4n) is 3.47. The van der Waals surface area contributed by atoms with Gasteiger partial charge < -0.3 is 10.6 Å². The Labute approximate surface area is 111 Å². The van der Waals surface area contributed by atoms with Gasteiger partial charge in [0.05, 0.1) is 0 Å². The molecule has 1 aliphatic heterocycles. The molecule has 1 aromatic carbocycles. The summed E-state index contributed by atoms with van der Waals surface area (Å²) in [6.45, 7) is 9.20. The Morgan fingerprint density at radius 1 is 1.17 bits per heavy atom. The number of nitrogens with zero attached hydrogens (tertiary/aromatic N) is 1. The van der Waals surface area contributed by atoms with E-state index < -0.39 is 0 Å². The average Bonchev–Trinajstić information content (AvgIpc) is 2.26. The summed E-state index contributed by atoms with van der Waals surface area (Å²) in [5, 5.41) is 0. The highest BCUT2D eigenvalue weighted by Gasteiger charge is 2.41. The number of anilines is 2. The second kappa shape index (κ2) is 5.21. The van der Waals surface area contributed by atoms with Crippen LogP contribution in [0.3, 0.4) is 0 Å². The van der Waals surface area contributed by atoms with Crippen LogP contribution in [0.2, 0.25) is 0 Å². The largest absolute Gasteiger partial charge is 0.399 e. The molecule has 2 rings (SSSR count). The zero-order valence-corrected chi connectivity index (χ0v) is 12.0. The Morgan fingerprint density at radius 3 is 2.28 bits per heavy atom. The molecule has 2 nitrogen and oxygen atoms in total. The second-order valence-corrected chi connectivity index (χ2v) is 5.90. The highest BCUT2D eigenvalue weighted by atomic mass is 15.2. The first-order valence-electron chi connectivity index (χ1n) is 7.21. The molecule has 0 radical (unpaired) electrons. The summed E-state index contributed by atoms with van der Waals surface area (Å²) in [5.41, 5.74) is 9.93. The number of nitrogens with two attached hydrogens (primary N) is 1. The van der Waals surface area contributed by atoms with Crippen molar-refractivity contribution in [2.45, 2.75) is 46.5 Å². The van der Waals surface area contributed by atoms with Crippen LogP contribution in [0.15, 0.2) is 18.2 Å². The van der Waals surface area contributed by atoms with Crippen molar-refractivity contribution in [3.05, 3.63) is 23.8 Å². The molecule has 1 aliphatic rings. The molecule has 0 atom stereocenters. The molecule has 0 aromatic heterocycles. The maximum atomic E-state index is 5.82. The van der Waals surface area contributed by atoms with Gasteiger partial charge in [-0.15, -0.1) is 0 Å². The van der Waals surface area contributed by atoms with Gasteiger partial charge in [0.15, 0.2) is 0 Å². The van der Waals surface area contributed by atoms with E-state index in [0.29, 0.717) is 5.41 Å². The van der Waals surface area contributed by atoms with E-state index in [-0.39, 0.29) is 0 Å². The molecule has 0 spiro atoms. The molecule has 1 saturated heterocycles. The minimum absolute atomic E-state index is 0.581. The lowest BCUT2D eigenvalue weighted by Crippen LogP contribution is -2.56. The Hall–Kier alpha value is -1.18. The summed E-state index contributed by atoms with van der Waals surface area (Å²) in [4.78, 5) is 2.51. The average molecular weight is 246 g/mol. The number of rotatable bonds is 5. The summed E-state index contributed by atoms with van der Waals surface area (Å²) >= 11 is 0. The van der Waals surface area contributed by atoms with E-state index >= 15 is 0 Å². The van der Waals surface area contributed by atoms with Crippen molar-refractivity contribution in [2.75, 3.05) is 23.7 Å². The standard InChI is InChI=1S/C16H26N2/c1-4-8-16(9-5-2)11-18(12-16)15-7-6-14(17)10-13(15)3/h6-7,10H,4-5,8-9,11-12,17H2,1-3H3. The Morgan fingerprint density at radius 2 is 1.78 bits per heavy atom. The zero-order valence-electron chi connectivity index (χ0n) is 12.0. The van der Waals surface area contributed by atoms with Crippen molar-refractivity contribution in [1.82, 2.24) is 0 Å². The Balaban J connectivity index is 2.06. The highest BCUT2D eigenvalue weighted by molar-refractivity contribution is 5.60. The van der Waals surface area contributed by atoms with Crippen molar-refractivity contribution < 1.29 is 0 Å². The lowest BCUT2D eigenvalue weighted by Gasteiger charge is -2.52. The van der Waals surface area contributed by atoms with Crippen molar-refractivity contribution in [1.29, 1.82) is 0 Å². The van der Waals surface area contributed by atoms with E-state index in [9.17, 15) is 0 Å². The van der Waals surface area contributed by atoms with E-state index in [1.807, 2.05) is 6.07 Å². The number of aryl methyl sites for hydroxylation is 1. The first-order chi connectivity index (χ1) is 8.60.